The Morgan fingerprint density at radius 2 is 2.18 bits per heavy atom. The van der Waals surface area contributed by atoms with Crippen molar-refractivity contribution in [1.82, 2.24) is 9.55 Å². The Kier molecular flexibility index (Phi) is 4.55. The molecule has 1 aromatic rings. The molecule has 0 amide bonds. The molecule has 0 aliphatic rings. The second-order valence-corrected chi connectivity index (χ2v) is 5.65. The lowest BCUT2D eigenvalue weighted by Crippen LogP contribution is -2.22. The maximum Gasteiger partial charge on any atom is 0.135 e. The van der Waals surface area contributed by atoms with Gasteiger partial charge in [0.15, 0.2) is 0 Å². The molecule has 1 atom stereocenters. The quantitative estimate of drug-likeness (QED) is 0.743. The van der Waals surface area contributed by atoms with Crippen LogP contribution in [0.15, 0.2) is 18.5 Å². The Balaban J connectivity index is 2.90. The highest BCUT2D eigenvalue weighted by Crippen LogP contribution is 2.37. The fourth-order valence-electron chi connectivity index (χ4n) is 2.20. The Bertz CT molecular complexity index is 385. The summed E-state index contributed by atoms with van der Waals surface area (Å²) in [6, 6.07) is 0. The average Bonchev–Trinajstić information content (AvgIpc) is 2.71. The van der Waals surface area contributed by atoms with Crippen LogP contribution in [0, 0.1) is 11.3 Å². The molecule has 0 unspecified atom stereocenters. The van der Waals surface area contributed by atoms with Crippen LogP contribution in [0.25, 0.3) is 5.57 Å². The summed E-state index contributed by atoms with van der Waals surface area (Å²) in [5, 5.41) is 0. The molecule has 0 bridgehead atoms. The number of aryl methyl sites for hydroxylation is 1. The predicted octanol–water partition coefficient (Wildman–Crippen LogP) is 4.29. The first-order valence-electron chi connectivity index (χ1n) is 6.55. The lowest BCUT2D eigenvalue weighted by Gasteiger charge is -2.32. The molecule has 2 heteroatoms. The maximum absolute atomic E-state index is 4.45. The summed E-state index contributed by atoms with van der Waals surface area (Å²) >= 11 is 0. The lowest BCUT2D eigenvalue weighted by atomic mass is 9.74. The molecule has 96 valence electrons. The predicted molar refractivity (Wildman–Crippen MR) is 74.7 cm³/mol. The smallest absolute Gasteiger partial charge is 0.135 e. The van der Waals surface area contributed by atoms with Gasteiger partial charge in [0.1, 0.15) is 5.82 Å². The van der Waals surface area contributed by atoms with E-state index in [0.717, 1.165) is 18.2 Å². The van der Waals surface area contributed by atoms with E-state index in [1.165, 1.54) is 12.0 Å². The molecule has 0 spiro atoms. The summed E-state index contributed by atoms with van der Waals surface area (Å²) in [5.41, 5.74) is 1.67. The third-order valence-corrected chi connectivity index (χ3v) is 4.05. The van der Waals surface area contributed by atoms with E-state index >= 15 is 0 Å². The molecule has 0 aliphatic carbocycles. The summed E-state index contributed by atoms with van der Waals surface area (Å²) in [6.45, 7) is 11.4. The summed E-state index contributed by atoms with van der Waals surface area (Å²) < 4.78 is 2.10. The Hall–Kier alpha value is -1.05. The van der Waals surface area contributed by atoms with Crippen LogP contribution in [0.4, 0.5) is 0 Å². The molecule has 0 saturated heterocycles. The SMILES string of the molecule is C/C=C(/CC(C)(C)[C@@H](C)CC)c1nccn1C. The summed E-state index contributed by atoms with van der Waals surface area (Å²) in [5.74, 6) is 1.82. The highest BCUT2D eigenvalue weighted by molar-refractivity contribution is 5.60. The van der Waals surface area contributed by atoms with E-state index in [1.54, 1.807) is 0 Å². The fraction of sp³-hybridized carbons (Fsp3) is 0.667. The normalized spacial score (nSPS) is 15.1. The zero-order chi connectivity index (χ0) is 13.1. The van der Waals surface area contributed by atoms with Crippen LogP contribution in [0.2, 0.25) is 0 Å². The summed E-state index contributed by atoms with van der Waals surface area (Å²) in [6.07, 6.45) is 8.39. The van der Waals surface area contributed by atoms with Crippen LogP contribution in [0.1, 0.15) is 53.3 Å². The highest BCUT2D eigenvalue weighted by atomic mass is 15.0. The standard InChI is InChI=1S/C15H26N2/c1-7-12(3)15(4,5)11-13(8-2)14-16-9-10-17(14)6/h8-10,12H,7,11H2,1-6H3/b13-8-/t12-/m0/s1. The van der Waals surface area contributed by atoms with Gasteiger partial charge < -0.3 is 4.57 Å². The van der Waals surface area contributed by atoms with Gasteiger partial charge in [-0.3, -0.25) is 0 Å². The van der Waals surface area contributed by atoms with Gasteiger partial charge in [-0.25, -0.2) is 4.98 Å². The van der Waals surface area contributed by atoms with E-state index < -0.39 is 0 Å². The minimum absolute atomic E-state index is 0.322. The van der Waals surface area contributed by atoms with Gasteiger partial charge in [-0.05, 0) is 30.3 Å². The van der Waals surface area contributed by atoms with Gasteiger partial charge in [0.25, 0.3) is 0 Å². The van der Waals surface area contributed by atoms with Crippen LogP contribution >= 0.6 is 0 Å². The maximum atomic E-state index is 4.45. The number of aromatic nitrogens is 2. The van der Waals surface area contributed by atoms with Gasteiger partial charge in [-0.15, -0.1) is 0 Å². The zero-order valence-corrected chi connectivity index (χ0v) is 12.1. The van der Waals surface area contributed by atoms with Crippen molar-refractivity contribution in [2.75, 3.05) is 0 Å². The first-order chi connectivity index (χ1) is 7.92. The lowest BCUT2D eigenvalue weighted by molar-refractivity contribution is 0.231. The Morgan fingerprint density at radius 3 is 2.59 bits per heavy atom. The molecule has 0 aromatic carbocycles. The van der Waals surface area contributed by atoms with E-state index in [4.69, 9.17) is 0 Å². The molecule has 0 fully saturated rings. The van der Waals surface area contributed by atoms with Gasteiger partial charge in [-0.2, -0.15) is 0 Å². The van der Waals surface area contributed by atoms with Gasteiger partial charge in [-0.1, -0.05) is 40.2 Å². The number of hydrogen-bond acceptors (Lipinski definition) is 1. The monoisotopic (exact) mass is 234 g/mol. The minimum Gasteiger partial charge on any atom is -0.334 e. The number of hydrogen-bond donors (Lipinski definition) is 0. The first-order valence-corrected chi connectivity index (χ1v) is 6.55. The minimum atomic E-state index is 0.322. The van der Waals surface area contributed by atoms with E-state index in [-0.39, 0.29) is 0 Å². The number of imidazole rings is 1. The molecule has 1 aromatic heterocycles. The molecular formula is C15H26N2. The van der Waals surface area contributed by atoms with E-state index in [2.05, 4.69) is 57.3 Å². The molecule has 0 aliphatic heterocycles. The van der Waals surface area contributed by atoms with Crippen molar-refractivity contribution >= 4 is 5.57 Å². The highest BCUT2D eigenvalue weighted by Gasteiger charge is 2.26. The van der Waals surface area contributed by atoms with E-state index in [9.17, 15) is 0 Å². The van der Waals surface area contributed by atoms with Crippen LogP contribution in [0.5, 0.6) is 0 Å². The van der Waals surface area contributed by atoms with Crippen molar-refractivity contribution in [3.05, 3.63) is 24.3 Å². The van der Waals surface area contributed by atoms with Crippen molar-refractivity contribution in [2.24, 2.45) is 18.4 Å². The van der Waals surface area contributed by atoms with Gasteiger partial charge >= 0.3 is 0 Å². The third-order valence-electron chi connectivity index (χ3n) is 4.05. The summed E-state index contributed by atoms with van der Waals surface area (Å²) in [4.78, 5) is 4.45. The van der Waals surface area contributed by atoms with Crippen molar-refractivity contribution in [1.29, 1.82) is 0 Å². The van der Waals surface area contributed by atoms with Crippen molar-refractivity contribution in [2.45, 2.75) is 47.5 Å². The molecule has 1 rings (SSSR count). The van der Waals surface area contributed by atoms with Crippen LogP contribution in [-0.2, 0) is 7.05 Å². The number of rotatable bonds is 5. The van der Waals surface area contributed by atoms with Crippen LogP contribution in [-0.4, -0.2) is 9.55 Å². The third kappa shape index (κ3) is 3.21. The fourth-order valence-corrected chi connectivity index (χ4v) is 2.20. The number of allylic oxidation sites excluding steroid dienone is 2. The zero-order valence-electron chi connectivity index (χ0n) is 12.1. The van der Waals surface area contributed by atoms with Crippen molar-refractivity contribution in [3.63, 3.8) is 0 Å². The van der Waals surface area contributed by atoms with Gasteiger partial charge in [0, 0.05) is 19.4 Å². The van der Waals surface area contributed by atoms with Crippen LogP contribution < -0.4 is 0 Å². The molecular weight excluding hydrogens is 208 g/mol. The van der Waals surface area contributed by atoms with Crippen LogP contribution in [0.3, 0.4) is 0 Å². The largest absolute Gasteiger partial charge is 0.334 e. The molecule has 0 saturated carbocycles. The van der Waals surface area contributed by atoms with Gasteiger partial charge in [0.05, 0.1) is 0 Å². The second kappa shape index (κ2) is 5.52. The summed E-state index contributed by atoms with van der Waals surface area (Å²) in [7, 11) is 2.06. The molecule has 2 nitrogen and oxygen atoms in total. The molecule has 0 N–H and O–H groups in total. The van der Waals surface area contributed by atoms with Gasteiger partial charge in [0.2, 0.25) is 0 Å². The Labute approximate surface area is 106 Å². The average molecular weight is 234 g/mol. The van der Waals surface area contributed by atoms with E-state index in [1.807, 2.05) is 12.4 Å². The molecule has 17 heavy (non-hydrogen) atoms. The Morgan fingerprint density at radius 1 is 1.53 bits per heavy atom. The van der Waals surface area contributed by atoms with Crippen molar-refractivity contribution in [3.8, 4) is 0 Å². The topological polar surface area (TPSA) is 17.8 Å². The van der Waals surface area contributed by atoms with E-state index in [0.29, 0.717) is 5.41 Å². The van der Waals surface area contributed by atoms with Crippen molar-refractivity contribution < 1.29 is 0 Å². The first kappa shape index (κ1) is 14.0. The molecule has 1 heterocycles. The second-order valence-electron chi connectivity index (χ2n) is 5.65. The molecule has 0 radical (unpaired) electrons. The number of nitrogens with zero attached hydrogens (tertiary/aromatic N) is 2.